The minimum atomic E-state index is 0.191. The van der Waals surface area contributed by atoms with Crippen LogP contribution in [0.1, 0.15) is 36.8 Å². The van der Waals surface area contributed by atoms with Crippen LogP contribution in [0.5, 0.6) is 5.75 Å². The molecular weight excluding hydrogens is 390 g/mol. The molecule has 1 saturated heterocycles. The lowest BCUT2D eigenvalue weighted by Crippen LogP contribution is -2.48. The summed E-state index contributed by atoms with van der Waals surface area (Å²) in [5, 5.41) is 12.8. The van der Waals surface area contributed by atoms with E-state index in [1.54, 1.807) is 7.11 Å². The Hall–Kier alpha value is -2.84. The Labute approximate surface area is 183 Å². The van der Waals surface area contributed by atoms with Crippen LogP contribution in [0, 0.1) is 5.92 Å². The lowest BCUT2D eigenvalue weighted by molar-refractivity contribution is 0.0664. The molecule has 0 aliphatic carbocycles. The van der Waals surface area contributed by atoms with Gasteiger partial charge in [0.15, 0.2) is 5.82 Å². The van der Waals surface area contributed by atoms with Crippen LogP contribution in [-0.2, 0) is 13.1 Å². The SMILES string of the molecule is COc1ccc(Cn2nnnc2[C@@H](C(C)C)N2CCN(Cc3ccncc3)CC2)cc1. The number of hydrogen-bond donors (Lipinski definition) is 0. The van der Waals surface area contributed by atoms with Crippen LogP contribution in [0.15, 0.2) is 48.8 Å². The number of piperazine rings is 1. The molecule has 31 heavy (non-hydrogen) atoms. The van der Waals surface area contributed by atoms with E-state index in [1.807, 2.05) is 29.2 Å². The quantitative estimate of drug-likeness (QED) is 0.554. The molecule has 164 valence electrons. The zero-order valence-corrected chi connectivity index (χ0v) is 18.6. The minimum absolute atomic E-state index is 0.191. The summed E-state index contributed by atoms with van der Waals surface area (Å²) >= 11 is 0. The number of pyridine rings is 1. The van der Waals surface area contributed by atoms with Crippen LogP contribution in [0.4, 0.5) is 0 Å². The first kappa shape index (κ1) is 21.4. The van der Waals surface area contributed by atoms with E-state index in [4.69, 9.17) is 4.74 Å². The topological polar surface area (TPSA) is 72.2 Å². The maximum Gasteiger partial charge on any atom is 0.169 e. The van der Waals surface area contributed by atoms with Crippen molar-refractivity contribution in [2.45, 2.75) is 33.0 Å². The Morgan fingerprint density at radius 2 is 1.58 bits per heavy atom. The van der Waals surface area contributed by atoms with Gasteiger partial charge in [0, 0.05) is 45.1 Å². The number of rotatable bonds is 8. The standard InChI is InChI=1S/C23H31N7O/c1-18(2)22(29-14-12-28(13-15-29)16-20-8-10-24-11-9-20)23-25-26-27-30(23)17-19-4-6-21(31-3)7-5-19/h4-11,18,22H,12-17H2,1-3H3/t22-/m1/s1. The van der Waals surface area contributed by atoms with Crippen molar-refractivity contribution < 1.29 is 4.74 Å². The first-order valence-electron chi connectivity index (χ1n) is 10.9. The summed E-state index contributed by atoms with van der Waals surface area (Å²) in [6.07, 6.45) is 3.73. The highest BCUT2D eigenvalue weighted by Gasteiger charge is 2.31. The van der Waals surface area contributed by atoms with Crippen molar-refractivity contribution in [3.8, 4) is 5.75 Å². The summed E-state index contributed by atoms with van der Waals surface area (Å²) in [6, 6.07) is 12.4. The number of aromatic nitrogens is 5. The summed E-state index contributed by atoms with van der Waals surface area (Å²) in [5.41, 5.74) is 2.46. The molecule has 1 aliphatic rings. The third kappa shape index (κ3) is 5.26. The number of nitrogens with zero attached hydrogens (tertiary/aromatic N) is 7. The van der Waals surface area contributed by atoms with Crippen molar-refractivity contribution in [3.05, 3.63) is 65.7 Å². The molecule has 3 heterocycles. The molecule has 1 atom stereocenters. The molecular formula is C23H31N7O. The molecule has 0 saturated carbocycles. The molecule has 0 radical (unpaired) electrons. The largest absolute Gasteiger partial charge is 0.497 e. The van der Waals surface area contributed by atoms with Gasteiger partial charge in [-0.3, -0.25) is 14.8 Å². The molecule has 2 aromatic heterocycles. The van der Waals surface area contributed by atoms with Crippen LogP contribution in [0.25, 0.3) is 0 Å². The summed E-state index contributed by atoms with van der Waals surface area (Å²) in [6.45, 7) is 10.2. The van der Waals surface area contributed by atoms with Crippen LogP contribution in [0.3, 0.4) is 0 Å². The van der Waals surface area contributed by atoms with Gasteiger partial charge in [-0.05, 0) is 51.7 Å². The Morgan fingerprint density at radius 3 is 2.23 bits per heavy atom. The average molecular weight is 422 g/mol. The Morgan fingerprint density at radius 1 is 0.903 bits per heavy atom. The molecule has 0 unspecified atom stereocenters. The van der Waals surface area contributed by atoms with Gasteiger partial charge < -0.3 is 4.74 Å². The van der Waals surface area contributed by atoms with E-state index in [1.165, 1.54) is 5.56 Å². The summed E-state index contributed by atoms with van der Waals surface area (Å²) in [4.78, 5) is 9.15. The zero-order chi connectivity index (χ0) is 21.6. The van der Waals surface area contributed by atoms with Gasteiger partial charge in [-0.25, -0.2) is 4.68 Å². The van der Waals surface area contributed by atoms with Gasteiger partial charge in [-0.2, -0.15) is 0 Å². The molecule has 0 spiro atoms. The normalized spacial score (nSPS) is 16.5. The summed E-state index contributed by atoms with van der Waals surface area (Å²) < 4.78 is 7.20. The minimum Gasteiger partial charge on any atom is -0.497 e. The van der Waals surface area contributed by atoms with Gasteiger partial charge in [0.05, 0.1) is 19.7 Å². The number of benzene rings is 1. The first-order valence-corrected chi connectivity index (χ1v) is 10.9. The Balaban J connectivity index is 1.43. The van der Waals surface area contributed by atoms with E-state index in [-0.39, 0.29) is 6.04 Å². The molecule has 0 bridgehead atoms. The zero-order valence-electron chi connectivity index (χ0n) is 18.6. The maximum atomic E-state index is 5.26. The summed E-state index contributed by atoms with van der Waals surface area (Å²) in [5.74, 6) is 2.20. The van der Waals surface area contributed by atoms with Crippen molar-refractivity contribution in [2.75, 3.05) is 33.3 Å². The monoisotopic (exact) mass is 421 g/mol. The molecule has 3 aromatic rings. The molecule has 0 amide bonds. The van der Waals surface area contributed by atoms with Crippen molar-refractivity contribution in [1.82, 2.24) is 35.0 Å². The number of tetrazole rings is 1. The van der Waals surface area contributed by atoms with Crippen LogP contribution < -0.4 is 4.74 Å². The highest BCUT2D eigenvalue weighted by molar-refractivity contribution is 5.27. The molecule has 1 aliphatic heterocycles. The number of methoxy groups -OCH3 is 1. The average Bonchev–Trinajstić information content (AvgIpc) is 3.23. The predicted octanol–water partition coefficient (Wildman–Crippen LogP) is 2.64. The maximum absolute atomic E-state index is 5.26. The Kier molecular flexibility index (Phi) is 6.89. The lowest BCUT2D eigenvalue weighted by atomic mass is 10.0. The van der Waals surface area contributed by atoms with Gasteiger partial charge in [0.25, 0.3) is 0 Å². The fourth-order valence-electron chi connectivity index (χ4n) is 4.27. The van der Waals surface area contributed by atoms with Crippen LogP contribution in [-0.4, -0.2) is 68.3 Å². The second-order valence-electron chi connectivity index (χ2n) is 8.40. The number of ether oxygens (including phenoxy) is 1. The highest BCUT2D eigenvalue weighted by Crippen LogP contribution is 2.28. The van der Waals surface area contributed by atoms with Crippen LogP contribution in [0.2, 0.25) is 0 Å². The van der Waals surface area contributed by atoms with E-state index in [0.717, 1.165) is 49.9 Å². The first-order chi connectivity index (χ1) is 15.1. The predicted molar refractivity (Wildman–Crippen MR) is 119 cm³/mol. The van der Waals surface area contributed by atoms with Gasteiger partial charge >= 0.3 is 0 Å². The molecule has 0 N–H and O–H groups in total. The second kappa shape index (κ2) is 9.98. The van der Waals surface area contributed by atoms with E-state index < -0.39 is 0 Å². The van der Waals surface area contributed by atoms with Crippen LogP contribution >= 0.6 is 0 Å². The van der Waals surface area contributed by atoms with Gasteiger partial charge in [0.1, 0.15) is 5.75 Å². The molecule has 8 heteroatoms. The lowest BCUT2D eigenvalue weighted by Gasteiger charge is -2.40. The van der Waals surface area contributed by atoms with Gasteiger partial charge in [0.2, 0.25) is 0 Å². The van der Waals surface area contributed by atoms with Gasteiger partial charge in [-0.15, -0.1) is 5.10 Å². The Bertz CT molecular complexity index is 934. The second-order valence-corrected chi connectivity index (χ2v) is 8.40. The van der Waals surface area contributed by atoms with Crippen molar-refractivity contribution in [3.63, 3.8) is 0 Å². The fourth-order valence-corrected chi connectivity index (χ4v) is 4.27. The van der Waals surface area contributed by atoms with E-state index in [0.29, 0.717) is 12.5 Å². The van der Waals surface area contributed by atoms with E-state index in [9.17, 15) is 0 Å². The van der Waals surface area contributed by atoms with Crippen molar-refractivity contribution >= 4 is 0 Å². The molecule has 4 rings (SSSR count). The molecule has 1 fully saturated rings. The van der Waals surface area contributed by atoms with Crippen molar-refractivity contribution in [2.24, 2.45) is 5.92 Å². The van der Waals surface area contributed by atoms with E-state index in [2.05, 4.69) is 68.4 Å². The molecule has 1 aromatic carbocycles. The third-order valence-electron chi connectivity index (χ3n) is 5.90. The molecule has 8 nitrogen and oxygen atoms in total. The smallest absolute Gasteiger partial charge is 0.169 e. The third-order valence-corrected chi connectivity index (χ3v) is 5.90. The fraction of sp³-hybridized carbons (Fsp3) is 0.478. The highest BCUT2D eigenvalue weighted by atomic mass is 16.5. The summed E-state index contributed by atoms with van der Waals surface area (Å²) in [7, 11) is 1.68. The number of hydrogen-bond acceptors (Lipinski definition) is 7. The van der Waals surface area contributed by atoms with E-state index >= 15 is 0 Å². The van der Waals surface area contributed by atoms with Crippen molar-refractivity contribution in [1.29, 1.82) is 0 Å². The van der Waals surface area contributed by atoms with Gasteiger partial charge in [-0.1, -0.05) is 26.0 Å².